The van der Waals surface area contributed by atoms with Gasteiger partial charge < -0.3 is 10.2 Å². The molecule has 1 N–H and O–H groups in total. The minimum atomic E-state index is -4.16. The van der Waals surface area contributed by atoms with Gasteiger partial charge in [-0.1, -0.05) is 53.9 Å². The van der Waals surface area contributed by atoms with Gasteiger partial charge in [0.2, 0.25) is 11.8 Å². The number of aryl methyl sites for hydroxylation is 1. The molecule has 0 saturated carbocycles. The van der Waals surface area contributed by atoms with Crippen LogP contribution >= 0.6 is 35.0 Å². The van der Waals surface area contributed by atoms with E-state index < -0.39 is 28.5 Å². The highest BCUT2D eigenvalue weighted by Gasteiger charge is 2.34. The van der Waals surface area contributed by atoms with Gasteiger partial charge in [-0.2, -0.15) is 0 Å². The molecule has 0 spiro atoms. The summed E-state index contributed by atoms with van der Waals surface area (Å²) in [4.78, 5) is 29.7. The first-order valence-corrected chi connectivity index (χ1v) is 16.6. The van der Waals surface area contributed by atoms with Crippen LogP contribution in [0.1, 0.15) is 38.3 Å². The fourth-order valence-electron chi connectivity index (χ4n) is 4.27. The van der Waals surface area contributed by atoms with Crippen LogP contribution in [-0.4, -0.2) is 50.0 Å². The van der Waals surface area contributed by atoms with Gasteiger partial charge in [0.05, 0.1) is 10.6 Å². The smallest absolute Gasteiger partial charge is 0.264 e. The largest absolute Gasteiger partial charge is 0.352 e. The summed E-state index contributed by atoms with van der Waals surface area (Å²) in [5.41, 5.74) is 1.74. The summed E-state index contributed by atoms with van der Waals surface area (Å²) in [6.45, 7) is 6.73. The normalized spacial score (nSPS) is 12.2. The average Bonchev–Trinajstić information content (AvgIpc) is 2.93. The average molecular weight is 637 g/mol. The zero-order valence-electron chi connectivity index (χ0n) is 23.7. The Morgan fingerprint density at radius 1 is 0.951 bits per heavy atom. The molecule has 220 valence electrons. The molecular formula is C30H35Cl2N3O4S2. The number of nitrogens with one attached hydrogen (secondary N) is 1. The molecule has 11 heteroatoms. The van der Waals surface area contributed by atoms with Gasteiger partial charge in [0, 0.05) is 33.1 Å². The number of amides is 2. The summed E-state index contributed by atoms with van der Waals surface area (Å²) in [7, 11) is -4.16. The maximum Gasteiger partial charge on any atom is 0.264 e. The van der Waals surface area contributed by atoms with Crippen LogP contribution in [0.5, 0.6) is 0 Å². The van der Waals surface area contributed by atoms with Crippen LogP contribution in [0.25, 0.3) is 0 Å². The number of carbonyl (C=O) groups is 2. The fraction of sp³-hybridized carbons (Fsp3) is 0.333. The highest BCUT2D eigenvalue weighted by atomic mass is 35.5. The van der Waals surface area contributed by atoms with Gasteiger partial charge in [-0.05, 0) is 82.0 Å². The van der Waals surface area contributed by atoms with E-state index in [0.29, 0.717) is 27.7 Å². The van der Waals surface area contributed by atoms with E-state index >= 15 is 0 Å². The second kappa shape index (κ2) is 14.4. The van der Waals surface area contributed by atoms with Crippen LogP contribution in [0.3, 0.4) is 0 Å². The van der Waals surface area contributed by atoms with Gasteiger partial charge in [-0.25, -0.2) is 8.42 Å². The van der Waals surface area contributed by atoms with Gasteiger partial charge in [-0.15, -0.1) is 11.8 Å². The summed E-state index contributed by atoms with van der Waals surface area (Å²) < 4.78 is 29.1. The second-order valence-corrected chi connectivity index (χ2v) is 13.4. The van der Waals surface area contributed by atoms with Crippen molar-refractivity contribution < 1.29 is 18.0 Å². The molecule has 0 aliphatic rings. The summed E-state index contributed by atoms with van der Waals surface area (Å²) in [5, 5.41) is 3.55. The minimum absolute atomic E-state index is 0.0500. The number of halogens is 2. The Bertz CT molecular complexity index is 1440. The molecule has 0 unspecified atom stereocenters. The number of thioether (sulfide) groups is 1. The maximum absolute atomic E-state index is 14.1. The number of hydrogen-bond acceptors (Lipinski definition) is 5. The molecule has 41 heavy (non-hydrogen) atoms. The Morgan fingerprint density at radius 2 is 1.54 bits per heavy atom. The lowest BCUT2D eigenvalue weighted by Gasteiger charge is -2.34. The number of benzene rings is 3. The first-order valence-electron chi connectivity index (χ1n) is 13.1. The standard InChI is InChI=1S/C30H35Cl2N3O4S2/c1-6-28(30(37)33-20(2)3)34(18-25-26(31)8-7-9-27(25)32)29(36)19-35(22-12-10-21(4)11-13-22)41(38,39)24-16-14-23(40-5)15-17-24/h7-17,20,28H,6,18-19H2,1-5H3,(H,33,37)/t28-/m0/s1. The topological polar surface area (TPSA) is 86.8 Å². The van der Waals surface area contributed by atoms with Crippen molar-refractivity contribution in [1.29, 1.82) is 0 Å². The Morgan fingerprint density at radius 3 is 2.05 bits per heavy atom. The minimum Gasteiger partial charge on any atom is -0.352 e. The Hall–Kier alpha value is -2.72. The van der Waals surface area contributed by atoms with E-state index in [1.807, 2.05) is 27.0 Å². The summed E-state index contributed by atoms with van der Waals surface area (Å²) in [6.07, 6.45) is 2.19. The highest BCUT2D eigenvalue weighted by molar-refractivity contribution is 7.98. The molecule has 0 aromatic heterocycles. The van der Waals surface area contributed by atoms with E-state index in [1.165, 1.54) is 28.8 Å². The van der Waals surface area contributed by atoms with Gasteiger partial charge in [0.25, 0.3) is 10.0 Å². The van der Waals surface area contributed by atoms with Crippen LogP contribution < -0.4 is 9.62 Å². The third-order valence-corrected chi connectivity index (χ3v) is 9.70. The Kier molecular flexibility index (Phi) is 11.6. The first kappa shape index (κ1) is 32.8. The Balaban J connectivity index is 2.10. The number of anilines is 1. The molecule has 3 aromatic carbocycles. The number of hydrogen-bond donors (Lipinski definition) is 1. The zero-order chi connectivity index (χ0) is 30.3. The molecule has 7 nitrogen and oxygen atoms in total. The maximum atomic E-state index is 14.1. The molecule has 0 radical (unpaired) electrons. The van der Waals surface area contributed by atoms with E-state index in [4.69, 9.17) is 23.2 Å². The van der Waals surface area contributed by atoms with Crippen LogP contribution in [-0.2, 0) is 26.2 Å². The van der Waals surface area contributed by atoms with Crippen molar-refractivity contribution in [2.24, 2.45) is 0 Å². The lowest BCUT2D eigenvalue weighted by molar-refractivity contribution is -0.140. The molecule has 0 aliphatic heterocycles. The van der Waals surface area contributed by atoms with Gasteiger partial charge in [0.15, 0.2) is 0 Å². The number of rotatable bonds is 12. The number of carbonyl (C=O) groups excluding carboxylic acids is 2. The first-order chi connectivity index (χ1) is 19.4. The van der Waals surface area contributed by atoms with Crippen molar-refractivity contribution in [3.05, 3.63) is 87.9 Å². The van der Waals surface area contributed by atoms with Crippen molar-refractivity contribution in [2.75, 3.05) is 17.1 Å². The van der Waals surface area contributed by atoms with Crippen LogP contribution in [0.4, 0.5) is 5.69 Å². The van der Waals surface area contributed by atoms with E-state index in [-0.39, 0.29) is 23.4 Å². The predicted molar refractivity (Wildman–Crippen MR) is 168 cm³/mol. The molecule has 0 heterocycles. The van der Waals surface area contributed by atoms with Gasteiger partial charge in [-0.3, -0.25) is 13.9 Å². The summed E-state index contributed by atoms with van der Waals surface area (Å²) in [5.74, 6) is -0.923. The van der Waals surface area contributed by atoms with Crippen LogP contribution in [0, 0.1) is 6.92 Å². The molecule has 2 amide bonds. The number of nitrogens with zero attached hydrogens (tertiary/aromatic N) is 2. The molecule has 0 aliphatic carbocycles. The van der Waals surface area contributed by atoms with Crippen molar-refractivity contribution in [3.8, 4) is 0 Å². The van der Waals surface area contributed by atoms with Crippen molar-refractivity contribution in [1.82, 2.24) is 10.2 Å². The molecule has 0 bridgehead atoms. The predicted octanol–water partition coefficient (Wildman–Crippen LogP) is 6.55. The molecule has 3 rings (SSSR count). The monoisotopic (exact) mass is 635 g/mol. The molecule has 3 aromatic rings. The van der Waals surface area contributed by atoms with Gasteiger partial charge >= 0.3 is 0 Å². The van der Waals surface area contributed by atoms with Crippen LogP contribution in [0.2, 0.25) is 10.0 Å². The van der Waals surface area contributed by atoms with E-state index in [9.17, 15) is 18.0 Å². The van der Waals surface area contributed by atoms with Crippen molar-refractivity contribution in [2.45, 2.75) is 62.5 Å². The van der Waals surface area contributed by atoms with Gasteiger partial charge in [0.1, 0.15) is 12.6 Å². The van der Waals surface area contributed by atoms with Crippen molar-refractivity contribution >= 4 is 62.5 Å². The summed E-state index contributed by atoms with van der Waals surface area (Å²) >= 11 is 14.4. The van der Waals surface area contributed by atoms with E-state index in [1.54, 1.807) is 61.5 Å². The van der Waals surface area contributed by atoms with Crippen molar-refractivity contribution in [3.63, 3.8) is 0 Å². The quantitative estimate of drug-likeness (QED) is 0.228. The number of sulfonamides is 1. The highest BCUT2D eigenvalue weighted by Crippen LogP contribution is 2.29. The lowest BCUT2D eigenvalue weighted by atomic mass is 10.1. The van der Waals surface area contributed by atoms with E-state index in [0.717, 1.165) is 14.8 Å². The van der Waals surface area contributed by atoms with E-state index in [2.05, 4.69) is 5.32 Å². The lowest BCUT2D eigenvalue weighted by Crippen LogP contribution is -2.53. The van der Waals surface area contributed by atoms with Crippen LogP contribution in [0.15, 0.2) is 76.5 Å². The fourth-order valence-corrected chi connectivity index (χ4v) is 6.61. The third kappa shape index (κ3) is 8.19. The summed E-state index contributed by atoms with van der Waals surface area (Å²) in [6, 6.07) is 17.3. The second-order valence-electron chi connectivity index (χ2n) is 9.83. The third-order valence-electron chi connectivity index (χ3n) is 6.46. The molecule has 1 atom stereocenters. The zero-order valence-corrected chi connectivity index (χ0v) is 26.9. The molecule has 0 saturated heterocycles. The SMILES string of the molecule is CC[C@@H](C(=O)NC(C)C)N(Cc1c(Cl)cccc1Cl)C(=O)CN(c1ccc(C)cc1)S(=O)(=O)c1ccc(SC)cc1. The molecule has 0 fully saturated rings. The molecular weight excluding hydrogens is 601 g/mol. The Labute approximate surface area is 257 Å².